The smallest absolute Gasteiger partial charge is 0.265 e. The number of anilines is 1. The van der Waals surface area contributed by atoms with Crippen LogP contribution < -0.4 is 10.1 Å². The summed E-state index contributed by atoms with van der Waals surface area (Å²) in [5, 5.41) is 5.45. The van der Waals surface area contributed by atoms with Gasteiger partial charge in [0.1, 0.15) is 5.75 Å². The molecule has 3 heteroatoms. The van der Waals surface area contributed by atoms with E-state index in [0.29, 0.717) is 5.75 Å². The highest BCUT2D eigenvalue weighted by atomic mass is 16.5. The molecule has 1 aliphatic carbocycles. The number of ether oxygens (including phenoxy) is 1. The minimum absolute atomic E-state index is 0.139. The monoisotopic (exact) mass is 331 g/mol. The molecule has 0 aliphatic heterocycles. The molecule has 4 rings (SSSR count). The van der Waals surface area contributed by atoms with E-state index < -0.39 is 6.10 Å². The van der Waals surface area contributed by atoms with Gasteiger partial charge in [-0.25, -0.2) is 0 Å². The fraction of sp³-hybridized carbons (Fsp3) is 0.227. The number of nitrogens with one attached hydrogen (secondary N) is 1. The minimum Gasteiger partial charge on any atom is -0.481 e. The number of hydrogen-bond donors (Lipinski definition) is 1. The van der Waals surface area contributed by atoms with Crippen molar-refractivity contribution in [1.82, 2.24) is 0 Å². The highest BCUT2D eigenvalue weighted by molar-refractivity contribution is 6.06. The second kappa shape index (κ2) is 6.25. The summed E-state index contributed by atoms with van der Waals surface area (Å²) in [6.45, 7) is 3.78. The largest absolute Gasteiger partial charge is 0.481 e. The first kappa shape index (κ1) is 15.7. The van der Waals surface area contributed by atoms with Gasteiger partial charge in [0.25, 0.3) is 5.91 Å². The quantitative estimate of drug-likeness (QED) is 0.755. The molecule has 0 saturated heterocycles. The van der Waals surface area contributed by atoms with E-state index in [-0.39, 0.29) is 5.91 Å². The zero-order valence-electron chi connectivity index (χ0n) is 14.5. The molecule has 126 valence electrons. The van der Waals surface area contributed by atoms with Gasteiger partial charge in [0.2, 0.25) is 0 Å². The van der Waals surface area contributed by atoms with Crippen molar-refractivity contribution in [3.8, 4) is 5.75 Å². The van der Waals surface area contributed by atoms with Crippen LogP contribution in [0.5, 0.6) is 5.75 Å². The molecule has 1 aliphatic rings. The van der Waals surface area contributed by atoms with Gasteiger partial charge in [0.05, 0.1) is 0 Å². The van der Waals surface area contributed by atoms with Crippen molar-refractivity contribution in [2.24, 2.45) is 0 Å². The Morgan fingerprint density at radius 2 is 1.80 bits per heavy atom. The molecule has 0 fully saturated rings. The summed E-state index contributed by atoms with van der Waals surface area (Å²) in [5.41, 5.74) is 4.70. The van der Waals surface area contributed by atoms with Crippen molar-refractivity contribution < 1.29 is 9.53 Å². The van der Waals surface area contributed by atoms with Crippen molar-refractivity contribution in [1.29, 1.82) is 0 Å². The Morgan fingerprint density at radius 1 is 1.04 bits per heavy atom. The van der Waals surface area contributed by atoms with Crippen LogP contribution in [0.2, 0.25) is 0 Å². The van der Waals surface area contributed by atoms with Gasteiger partial charge >= 0.3 is 0 Å². The molecule has 0 bridgehead atoms. The van der Waals surface area contributed by atoms with E-state index in [9.17, 15) is 4.79 Å². The summed E-state index contributed by atoms with van der Waals surface area (Å²) in [6.07, 6.45) is 1.60. The molecular weight excluding hydrogens is 310 g/mol. The normalized spacial score (nSPS) is 13.7. The van der Waals surface area contributed by atoms with Crippen LogP contribution in [-0.4, -0.2) is 12.0 Å². The first-order valence-corrected chi connectivity index (χ1v) is 8.69. The van der Waals surface area contributed by atoms with Crippen LogP contribution in [0.15, 0.2) is 54.6 Å². The summed E-state index contributed by atoms with van der Waals surface area (Å²) in [6, 6.07) is 18.2. The van der Waals surface area contributed by atoms with E-state index in [1.54, 1.807) is 6.92 Å². The molecule has 3 aromatic rings. The maximum atomic E-state index is 12.6. The Bertz CT molecular complexity index is 951. The third kappa shape index (κ3) is 2.98. The van der Waals surface area contributed by atoms with Crippen molar-refractivity contribution in [2.45, 2.75) is 32.8 Å². The summed E-state index contributed by atoms with van der Waals surface area (Å²) in [5.74, 6) is 0.572. The number of carbonyl (C=O) groups is 1. The van der Waals surface area contributed by atoms with E-state index in [2.05, 4.69) is 29.6 Å². The van der Waals surface area contributed by atoms with E-state index in [1.165, 1.54) is 16.5 Å². The van der Waals surface area contributed by atoms with E-state index in [4.69, 9.17) is 4.74 Å². The van der Waals surface area contributed by atoms with Gasteiger partial charge in [-0.1, -0.05) is 36.4 Å². The SMILES string of the molecule is Cc1cccc(OC(C)C(=O)Nc2ccc3c4c(cccc24)CC3)c1. The van der Waals surface area contributed by atoms with Crippen LogP contribution in [0, 0.1) is 6.92 Å². The van der Waals surface area contributed by atoms with Crippen LogP contribution in [0.1, 0.15) is 23.6 Å². The molecule has 1 atom stereocenters. The van der Waals surface area contributed by atoms with Gasteiger partial charge < -0.3 is 10.1 Å². The van der Waals surface area contributed by atoms with Crippen LogP contribution in [-0.2, 0) is 17.6 Å². The highest BCUT2D eigenvalue weighted by Gasteiger charge is 2.19. The van der Waals surface area contributed by atoms with Gasteiger partial charge in [0, 0.05) is 11.1 Å². The number of rotatable bonds is 4. The fourth-order valence-corrected chi connectivity index (χ4v) is 3.54. The molecule has 0 radical (unpaired) electrons. The first-order valence-electron chi connectivity index (χ1n) is 8.69. The molecule has 3 aromatic carbocycles. The molecule has 1 unspecified atom stereocenters. The lowest BCUT2D eigenvalue weighted by Crippen LogP contribution is -2.30. The lowest BCUT2D eigenvalue weighted by Gasteiger charge is -2.16. The lowest BCUT2D eigenvalue weighted by molar-refractivity contribution is -0.122. The first-order chi connectivity index (χ1) is 12.1. The summed E-state index contributed by atoms with van der Waals surface area (Å²) < 4.78 is 5.79. The van der Waals surface area contributed by atoms with Gasteiger partial charge in [-0.2, -0.15) is 0 Å². The Labute approximate surface area is 147 Å². The number of hydrogen-bond acceptors (Lipinski definition) is 2. The molecule has 0 aromatic heterocycles. The fourth-order valence-electron chi connectivity index (χ4n) is 3.54. The molecule has 0 saturated carbocycles. The maximum Gasteiger partial charge on any atom is 0.265 e. The van der Waals surface area contributed by atoms with E-state index in [1.807, 2.05) is 37.3 Å². The third-order valence-electron chi connectivity index (χ3n) is 4.81. The van der Waals surface area contributed by atoms with E-state index in [0.717, 1.165) is 29.5 Å². The third-order valence-corrected chi connectivity index (χ3v) is 4.81. The van der Waals surface area contributed by atoms with Crippen molar-refractivity contribution in [3.63, 3.8) is 0 Å². The van der Waals surface area contributed by atoms with Gasteiger partial charge in [-0.3, -0.25) is 4.79 Å². The van der Waals surface area contributed by atoms with Crippen LogP contribution in [0.4, 0.5) is 5.69 Å². The lowest BCUT2D eigenvalue weighted by atomic mass is 10.0. The maximum absolute atomic E-state index is 12.6. The Morgan fingerprint density at radius 3 is 2.60 bits per heavy atom. The summed E-state index contributed by atoms with van der Waals surface area (Å²) in [7, 11) is 0. The summed E-state index contributed by atoms with van der Waals surface area (Å²) in [4.78, 5) is 12.6. The van der Waals surface area contributed by atoms with Crippen molar-refractivity contribution >= 4 is 22.4 Å². The average molecular weight is 331 g/mol. The predicted octanol–water partition coefficient (Wildman–Crippen LogP) is 4.65. The van der Waals surface area contributed by atoms with E-state index >= 15 is 0 Å². The molecule has 0 heterocycles. The van der Waals surface area contributed by atoms with Gasteiger partial charge in [-0.05, 0) is 67.0 Å². The molecular formula is C22H21NO2. The number of benzene rings is 3. The van der Waals surface area contributed by atoms with Crippen LogP contribution >= 0.6 is 0 Å². The van der Waals surface area contributed by atoms with Crippen molar-refractivity contribution in [3.05, 3.63) is 71.3 Å². The Kier molecular flexibility index (Phi) is 3.92. The molecule has 1 N–H and O–H groups in total. The average Bonchev–Trinajstić information content (AvgIpc) is 3.02. The Hall–Kier alpha value is -2.81. The zero-order valence-corrected chi connectivity index (χ0v) is 14.5. The number of aryl methyl sites for hydroxylation is 3. The van der Waals surface area contributed by atoms with Crippen molar-refractivity contribution in [2.75, 3.05) is 5.32 Å². The molecule has 0 spiro atoms. The highest BCUT2D eigenvalue weighted by Crippen LogP contribution is 2.35. The zero-order chi connectivity index (χ0) is 17.4. The topological polar surface area (TPSA) is 38.3 Å². The van der Waals surface area contributed by atoms with Crippen LogP contribution in [0.3, 0.4) is 0 Å². The molecule has 3 nitrogen and oxygen atoms in total. The standard InChI is InChI=1S/C22H21NO2/c1-14-5-3-7-18(13-14)25-15(2)22(24)23-20-12-11-17-10-9-16-6-4-8-19(20)21(16)17/h3-8,11-13,15H,9-10H2,1-2H3,(H,23,24). The minimum atomic E-state index is -0.565. The molecule has 25 heavy (non-hydrogen) atoms. The predicted molar refractivity (Wildman–Crippen MR) is 101 cm³/mol. The van der Waals surface area contributed by atoms with Crippen LogP contribution in [0.25, 0.3) is 10.8 Å². The summed E-state index contributed by atoms with van der Waals surface area (Å²) >= 11 is 0. The van der Waals surface area contributed by atoms with Gasteiger partial charge in [-0.15, -0.1) is 0 Å². The Balaban J connectivity index is 1.56. The second-order valence-electron chi connectivity index (χ2n) is 6.68. The molecule has 1 amide bonds. The number of carbonyl (C=O) groups excluding carboxylic acids is 1. The van der Waals surface area contributed by atoms with Gasteiger partial charge in [0.15, 0.2) is 6.10 Å². The second-order valence-corrected chi connectivity index (χ2v) is 6.68. The number of amides is 1.